The highest BCUT2D eigenvalue weighted by Crippen LogP contribution is 2.15. The molecule has 0 aliphatic heterocycles. The van der Waals surface area contributed by atoms with Gasteiger partial charge in [0.05, 0.1) is 5.69 Å². The summed E-state index contributed by atoms with van der Waals surface area (Å²) in [6.07, 6.45) is 0.310. The van der Waals surface area contributed by atoms with Gasteiger partial charge in [0.2, 0.25) is 0 Å². The zero-order chi connectivity index (χ0) is 16.9. The lowest BCUT2D eigenvalue weighted by molar-refractivity contribution is 0.781. The van der Waals surface area contributed by atoms with Gasteiger partial charge in [-0.2, -0.15) is 20.3 Å². The van der Waals surface area contributed by atoms with Crippen LogP contribution in [0.15, 0.2) is 65.5 Å². The molecule has 2 aromatic carbocycles. The third kappa shape index (κ3) is 2.79. The summed E-state index contributed by atoms with van der Waals surface area (Å²) in [6, 6.07) is 22.1. The van der Waals surface area contributed by atoms with Gasteiger partial charge in [-0.15, -0.1) is 0 Å². The van der Waals surface area contributed by atoms with Crippen LogP contribution >= 0.6 is 0 Å². The van der Waals surface area contributed by atoms with Crippen molar-refractivity contribution >= 4 is 0 Å². The Morgan fingerprint density at radius 2 is 1.54 bits per heavy atom. The van der Waals surface area contributed by atoms with Gasteiger partial charge < -0.3 is 0 Å². The first-order valence-corrected chi connectivity index (χ1v) is 7.30. The maximum absolute atomic E-state index is 12.6. The smallest absolute Gasteiger partial charge is 0.266 e. The highest BCUT2D eigenvalue weighted by atomic mass is 16.1. The van der Waals surface area contributed by atoms with Gasteiger partial charge in [0.15, 0.2) is 5.69 Å². The van der Waals surface area contributed by atoms with Gasteiger partial charge >= 0.3 is 0 Å². The molecule has 0 unspecified atom stereocenters. The van der Waals surface area contributed by atoms with E-state index in [1.165, 1.54) is 0 Å². The molecular weight excluding hydrogens is 300 g/mol. The Kier molecular flexibility index (Phi) is 4.18. The summed E-state index contributed by atoms with van der Waals surface area (Å²) in [5.41, 5.74) is 1.30. The second kappa shape index (κ2) is 6.60. The third-order valence-electron chi connectivity index (χ3n) is 3.64. The molecule has 5 nitrogen and oxygen atoms in total. The fraction of sp³-hybridized carbons (Fsp3) is 0.0526. The molecule has 1 aromatic heterocycles. The van der Waals surface area contributed by atoms with Crippen LogP contribution in [0.25, 0.3) is 5.69 Å². The molecule has 24 heavy (non-hydrogen) atoms. The zero-order valence-corrected chi connectivity index (χ0v) is 12.7. The summed E-state index contributed by atoms with van der Waals surface area (Å²) in [5, 5.41) is 23.1. The molecule has 0 saturated carbocycles. The fourth-order valence-electron chi connectivity index (χ4n) is 2.48. The first-order chi connectivity index (χ1) is 11.7. The molecule has 0 N–H and O–H groups in total. The molecule has 3 aromatic rings. The van der Waals surface area contributed by atoms with Gasteiger partial charge in [0.25, 0.3) is 5.56 Å². The van der Waals surface area contributed by atoms with E-state index >= 15 is 0 Å². The summed E-state index contributed by atoms with van der Waals surface area (Å²) in [5.74, 6) is 0. The average molecular weight is 312 g/mol. The number of hydrogen-bond donors (Lipinski definition) is 0. The standard InChI is InChI=1S/C19H12N4O/c20-12-17-16(11-14-7-3-1-4-8-14)18(13-21)22-23(19(17)24)15-9-5-2-6-10-15/h1-10H,11H2. The summed E-state index contributed by atoms with van der Waals surface area (Å²) >= 11 is 0. The second-order valence-electron chi connectivity index (χ2n) is 5.14. The van der Waals surface area contributed by atoms with Crippen molar-refractivity contribution in [2.75, 3.05) is 0 Å². The number of aromatic nitrogens is 2. The van der Waals surface area contributed by atoms with Gasteiger partial charge in [-0.25, -0.2) is 0 Å². The largest absolute Gasteiger partial charge is 0.289 e. The van der Waals surface area contributed by atoms with Gasteiger partial charge in [0, 0.05) is 12.0 Å². The number of nitriles is 2. The molecule has 0 bridgehead atoms. The minimum Gasteiger partial charge on any atom is -0.266 e. The molecule has 114 valence electrons. The minimum absolute atomic E-state index is 0.0470. The monoisotopic (exact) mass is 312 g/mol. The maximum Gasteiger partial charge on any atom is 0.289 e. The molecule has 0 amide bonds. The molecule has 1 heterocycles. The number of nitrogens with zero attached hydrogens (tertiary/aromatic N) is 4. The van der Waals surface area contributed by atoms with Crippen molar-refractivity contribution in [3.8, 4) is 17.8 Å². The second-order valence-corrected chi connectivity index (χ2v) is 5.14. The van der Waals surface area contributed by atoms with Crippen molar-refractivity contribution in [1.82, 2.24) is 9.78 Å². The van der Waals surface area contributed by atoms with Crippen molar-refractivity contribution < 1.29 is 0 Å². The van der Waals surface area contributed by atoms with E-state index < -0.39 is 5.56 Å². The number of rotatable bonds is 3. The Hall–Kier alpha value is -3.70. The van der Waals surface area contributed by atoms with Crippen LogP contribution in [0.3, 0.4) is 0 Å². The lowest BCUT2D eigenvalue weighted by Crippen LogP contribution is -2.27. The molecular formula is C19H12N4O. The van der Waals surface area contributed by atoms with Crippen LogP contribution in [0.2, 0.25) is 0 Å². The third-order valence-corrected chi connectivity index (χ3v) is 3.64. The Balaban J connectivity index is 2.21. The Morgan fingerprint density at radius 3 is 2.12 bits per heavy atom. The molecule has 0 aliphatic rings. The molecule has 0 radical (unpaired) electrons. The minimum atomic E-state index is -0.520. The fourth-order valence-corrected chi connectivity index (χ4v) is 2.48. The van der Waals surface area contributed by atoms with E-state index in [4.69, 9.17) is 0 Å². The number of benzene rings is 2. The molecule has 0 atom stereocenters. The van der Waals surface area contributed by atoms with E-state index in [2.05, 4.69) is 5.10 Å². The molecule has 5 heteroatoms. The zero-order valence-electron chi connectivity index (χ0n) is 12.7. The van der Waals surface area contributed by atoms with E-state index in [0.717, 1.165) is 10.2 Å². The lowest BCUT2D eigenvalue weighted by Gasteiger charge is -2.10. The van der Waals surface area contributed by atoms with E-state index in [9.17, 15) is 15.3 Å². The molecule has 3 rings (SSSR count). The van der Waals surface area contributed by atoms with E-state index in [1.807, 2.05) is 48.5 Å². The highest BCUT2D eigenvalue weighted by molar-refractivity contribution is 5.47. The van der Waals surface area contributed by atoms with Crippen molar-refractivity contribution in [2.45, 2.75) is 6.42 Å². The van der Waals surface area contributed by atoms with Crippen molar-refractivity contribution in [3.05, 3.63) is 93.4 Å². The Bertz CT molecular complexity index is 1010. The maximum atomic E-state index is 12.6. The normalized spacial score (nSPS) is 9.92. The molecule has 0 fully saturated rings. The molecule has 0 saturated heterocycles. The van der Waals surface area contributed by atoms with E-state index in [0.29, 0.717) is 17.7 Å². The van der Waals surface area contributed by atoms with Crippen LogP contribution in [-0.2, 0) is 6.42 Å². The summed E-state index contributed by atoms with van der Waals surface area (Å²) in [4.78, 5) is 12.6. The first kappa shape index (κ1) is 15.2. The Labute approximate surface area is 138 Å². The molecule has 0 spiro atoms. The van der Waals surface area contributed by atoms with Crippen LogP contribution < -0.4 is 5.56 Å². The summed E-state index contributed by atoms with van der Waals surface area (Å²) < 4.78 is 1.10. The van der Waals surface area contributed by atoms with E-state index in [-0.39, 0.29) is 11.3 Å². The van der Waals surface area contributed by atoms with Gasteiger partial charge in [0.1, 0.15) is 17.7 Å². The average Bonchev–Trinajstić information content (AvgIpc) is 2.64. The predicted molar refractivity (Wildman–Crippen MR) is 88.5 cm³/mol. The van der Waals surface area contributed by atoms with E-state index in [1.54, 1.807) is 24.3 Å². The topological polar surface area (TPSA) is 82.5 Å². The van der Waals surface area contributed by atoms with Crippen LogP contribution in [0.1, 0.15) is 22.4 Å². The van der Waals surface area contributed by atoms with Crippen molar-refractivity contribution in [1.29, 1.82) is 10.5 Å². The SMILES string of the molecule is N#Cc1nn(-c2ccccc2)c(=O)c(C#N)c1Cc1ccccc1. The molecule has 0 aliphatic carbocycles. The first-order valence-electron chi connectivity index (χ1n) is 7.30. The van der Waals surface area contributed by atoms with Gasteiger partial charge in [-0.05, 0) is 17.7 Å². The van der Waals surface area contributed by atoms with Crippen LogP contribution in [0.4, 0.5) is 0 Å². The summed E-state index contributed by atoms with van der Waals surface area (Å²) in [7, 11) is 0. The number of hydrogen-bond acceptors (Lipinski definition) is 4. The Morgan fingerprint density at radius 1 is 0.917 bits per heavy atom. The lowest BCUT2D eigenvalue weighted by atomic mass is 10.00. The van der Waals surface area contributed by atoms with Gasteiger partial charge in [-0.3, -0.25) is 4.79 Å². The predicted octanol–water partition coefficient (Wildman–Crippen LogP) is 2.57. The van der Waals surface area contributed by atoms with Crippen LogP contribution in [0.5, 0.6) is 0 Å². The number of para-hydroxylation sites is 1. The van der Waals surface area contributed by atoms with Crippen LogP contribution in [-0.4, -0.2) is 9.78 Å². The summed E-state index contributed by atoms with van der Waals surface area (Å²) in [6.45, 7) is 0. The van der Waals surface area contributed by atoms with Crippen molar-refractivity contribution in [2.24, 2.45) is 0 Å². The highest BCUT2D eigenvalue weighted by Gasteiger charge is 2.18. The quantitative estimate of drug-likeness (QED) is 0.744. The van der Waals surface area contributed by atoms with Crippen molar-refractivity contribution in [3.63, 3.8) is 0 Å². The van der Waals surface area contributed by atoms with Crippen LogP contribution in [0, 0.1) is 22.7 Å². The van der Waals surface area contributed by atoms with Gasteiger partial charge in [-0.1, -0.05) is 48.5 Å².